The van der Waals surface area contributed by atoms with Gasteiger partial charge in [0, 0.05) is 23.0 Å². The van der Waals surface area contributed by atoms with Crippen LogP contribution in [-0.4, -0.2) is 46.8 Å². The average molecular weight is 522 g/mol. The van der Waals surface area contributed by atoms with E-state index < -0.39 is 17.1 Å². The molecule has 1 N–H and O–H groups in total. The molecule has 0 saturated carbocycles. The molecule has 0 aliphatic carbocycles. The van der Waals surface area contributed by atoms with Gasteiger partial charge in [-0.05, 0) is 77.7 Å². The number of hydrogen-bond acceptors (Lipinski definition) is 8. The van der Waals surface area contributed by atoms with E-state index >= 15 is 0 Å². The Balaban J connectivity index is 1.42. The number of amides is 3. The van der Waals surface area contributed by atoms with Crippen LogP contribution >= 0.6 is 23.5 Å². The summed E-state index contributed by atoms with van der Waals surface area (Å²) in [5, 5.41) is 2.24. The zero-order chi connectivity index (χ0) is 25.5. The summed E-state index contributed by atoms with van der Waals surface area (Å²) >= 11 is 2.34. The zero-order valence-corrected chi connectivity index (χ0v) is 21.2. The highest BCUT2D eigenvalue weighted by atomic mass is 32.2. The van der Waals surface area contributed by atoms with E-state index in [1.54, 1.807) is 54.5 Å². The van der Waals surface area contributed by atoms with Gasteiger partial charge < -0.3 is 14.8 Å². The summed E-state index contributed by atoms with van der Waals surface area (Å²) in [5.74, 6) is 0.0647. The van der Waals surface area contributed by atoms with E-state index in [0.717, 1.165) is 27.1 Å². The average Bonchev–Trinajstić information content (AvgIpc) is 3.15. The highest BCUT2D eigenvalue weighted by Crippen LogP contribution is 2.34. The Morgan fingerprint density at radius 1 is 1.11 bits per heavy atom. The summed E-state index contributed by atoms with van der Waals surface area (Å²) < 4.78 is 11.3. The highest BCUT2D eigenvalue weighted by molar-refractivity contribution is 8.18. The van der Waals surface area contributed by atoms with Crippen molar-refractivity contribution >= 4 is 52.3 Å². The Morgan fingerprint density at radius 3 is 2.67 bits per heavy atom. The quantitative estimate of drug-likeness (QED) is 0.308. The number of anilines is 1. The van der Waals surface area contributed by atoms with Crippen molar-refractivity contribution in [2.75, 3.05) is 25.2 Å². The molecule has 4 rings (SSSR count). The first kappa shape index (κ1) is 25.3. The number of nitrogens with zero attached hydrogens (tertiary/aromatic N) is 2. The van der Waals surface area contributed by atoms with Gasteiger partial charge in [0.25, 0.3) is 11.1 Å². The van der Waals surface area contributed by atoms with E-state index in [2.05, 4.69) is 10.3 Å². The lowest BCUT2D eigenvalue weighted by Gasteiger charge is -2.13. The maximum Gasteiger partial charge on any atom is 0.294 e. The number of hydrogen-bond donors (Lipinski definition) is 1. The molecule has 184 valence electrons. The largest absolute Gasteiger partial charge is 0.493 e. The summed E-state index contributed by atoms with van der Waals surface area (Å²) in [6.07, 6.45) is 6.92. The fourth-order valence-corrected chi connectivity index (χ4v) is 4.66. The third kappa shape index (κ3) is 6.27. The molecule has 1 aliphatic rings. The van der Waals surface area contributed by atoms with Gasteiger partial charge in [-0.15, -0.1) is 11.8 Å². The molecule has 1 fully saturated rings. The molecule has 0 unspecified atom stereocenters. The van der Waals surface area contributed by atoms with Crippen LogP contribution in [0, 0.1) is 0 Å². The lowest BCUT2D eigenvalue weighted by Crippen LogP contribution is -2.36. The molecule has 0 spiro atoms. The molecule has 0 bridgehead atoms. The summed E-state index contributed by atoms with van der Waals surface area (Å²) in [6, 6.07) is 16.3. The number of thioether (sulfide) groups is 2. The second kappa shape index (κ2) is 11.8. The van der Waals surface area contributed by atoms with Crippen molar-refractivity contribution < 1.29 is 23.9 Å². The molecule has 0 atom stereocenters. The number of methoxy groups -OCH3 is 1. The van der Waals surface area contributed by atoms with Crippen LogP contribution in [0.5, 0.6) is 11.5 Å². The van der Waals surface area contributed by atoms with Crippen LogP contribution in [0.25, 0.3) is 6.08 Å². The van der Waals surface area contributed by atoms with Gasteiger partial charge in [0.15, 0.2) is 11.5 Å². The van der Waals surface area contributed by atoms with Crippen molar-refractivity contribution in [2.45, 2.75) is 11.5 Å². The van der Waals surface area contributed by atoms with Gasteiger partial charge in [0.1, 0.15) is 13.2 Å². The molecule has 10 heteroatoms. The molecular weight excluding hydrogens is 498 g/mol. The maximum absolute atomic E-state index is 12.9. The van der Waals surface area contributed by atoms with Crippen LogP contribution in [0.1, 0.15) is 11.1 Å². The minimum atomic E-state index is -0.519. The minimum Gasteiger partial charge on any atom is -0.493 e. The van der Waals surface area contributed by atoms with Crippen LogP contribution in [0.2, 0.25) is 0 Å². The second-order valence-corrected chi connectivity index (χ2v) is 9.48. The zero-order valence-electron chi connectivity index (χ0n) is 19.6. The molecule has 1 aromatic heterocycles. The predicted octanol–water partition coefficient (Wildman–Crippen LogP) is 5.07. The number of carbonyl (C=O) groups is 3. The van der Waals surface area contributed by atoms with Crippen LogP contribution in [0.4, 0.5) is 10.5 Å². The second-order valence-electron chi connectivity index (χ2n) is 7.60. The lowest BCUT2D eigenvalue weighted by molar-refractivity contribution is -0.127. The topological polar surface area (TPSA) is 97.8 Å². The predicted molar refractivity (Wildman–Crippen MR) is 141 cm³/mol. The Bertz CT molecular complexity index is 1310. The fourth-order valence-electron chi connectivity index (χ4n) is 3.37. The molecule has 2 heterocycles. The number of aromatic nitrogens is 1. The van der Waals surface area contributed by atoms with Gasteiger partial charge >= 0.3 is 0 Å². The smallest absolute Gasteiger partial charge is 0.294 e. The monoisotopic (exact) mass is 521 g/mol. The normalized spacial score (nSPS) is 14.3. The summed E-state index contributed by atoms with van der Waals surface area (Å²) in [5.41, 5.74) is 2.23. The maximum atomic E-state index is 12.9. The summed E-state index contributed by atoms with van der Waals surface area (Å²) in [4.78, 5) is 44.0. The summed E-state index contributed by atoms with van der Waals surface area (Å²) in [7, 11) is 1.53. The van der Waals surface area contributed by atoms with Crippen molar-refractivity contribution in [1.29, 1.82) is 0 Å². The Morgan fingerprint density at radius 2 is 1.92 bits per heavy atom. The van der Waals surface area contributed by atoms with Crippen molar-refractivity contribution in [1.82, 2.24) is 9.88 Å². The van der Waals surface area contributed by atoms with Crippen LogP contribution in [0.15, 0.2) is 76.8 Å². The number of benzene rings is 2. The summed E-state index contributed by atoms with van der Waals surface area (Å²) in [6.45, 7) is -0.0165. The standard InChI is InChI=1S/C26H23N3O5S2/c1-33-22-12-18(6-7-21(22)34-16-17-8-10-27-11-9-17)13-23-25(31)29(26(32)36-23)15-24(30)28-19-4-3-5-20(14-19)35-2/h3-14H,15-16H2,1-2H3,(H,28,30)/b23-13+. The number of imide groups is 1. The number of carbonyl (C=O) groups excluding carboxylic acids is 3. The van der Waals surface area contributed by atoms with Gasteiger partial charge in [0.2, 0.25) is 5.91 Å². The van der Waals surface area contributed by atoms with E-state index in [1.165, 1.54) is 7.11 Å². The third-order valence-corrected chi connectivity index (χ3v) is 6.79. The van der Waals surface area contributed by atoms with Crippen LogP contribution in [-0.2, 0) is 16.2 Å². The van der Waals surface area contributed by atoms with E-state index in [-0.39, 0.29) is 11.4 Å². The Labute approximate surface area is 217 Å². The molecule has 1 saturated heterocycles. The van der Waals surface area contributed by atoms with Crippen molar-refractivity contribution in [3.8, 4) is 11.5 Å². The van der Waals surface area contributed by atoms with Crippen LogP contribution < -0.4 is 14.8 Å². The lowest BCUT2D eigenvalue weighted by atomic mass is 10.2. The van der Waals surface area contributed by atoms with Crippen molar-refractivity contribution in [2.24, 2.45) is 0 Å². The Hall–Kier alpha value is -3.76. The molecule has 8 nitrogen and oxygen atoms in total. The third-order valence-electron chi connectivity index (χ3n) is 5.16. The van der Waals surface area contributed by atoms with E-state index in [0.29, 0.717) is 29.4 Å². The molecule has 3 aromatic rings. The highest BCUT2D eigenvalue weighted by Gasteiger charge is 2.36. The first-order valence-corrected chi connectivity index (χ1v) is 12.9. The fraction of sp³-hybridized carbons (Fsp3) is 0.154. The van der Waals surface area contributed by atoms with E-state index in [4.69, 9.17) is 9.47 Å². The van der Waals surface area contributed by atoms with Crippen molar-refractivity contribution in [3.05, 3.63) is 83.0 Å². The van der Waals surface area contributed by atoms with Crippen molar-refractivity contribution in [3.63, 3.8) is 0 Å². The molecule has 36 heavy (non-hydrogen) atoms. The Kier molecular flexibility index (Phi) is 8.29. The first-order valence-electron chi connectivity index (χ1n) is 10.9. The van der Waals surface area contributed by atoms with Gasteiger partial charge in [-0.2, -0.15) is 0 Å². The molecule has 1 aliphatic heterocycles. The van der Waals surface area contributed by atoms with Gasteiger partial charge in [0.05, 0.1) is 12.0 Å². The number of nitrogens with one attached hydrogen (secondary N) is 1. The first-order chi connectivity index (χ1) is 17.5. The molecule has 3 amide bonds. The van der Waals surface area contributed by atoms with Gasteiger partial charge in [-0.3, -0.25) is 24.3 Å². The van der Waals surface area contributed by atoms with Crippen LogP contribution in [0.3, 0.4) is 0 Å². The van der Waals surface area contributed by atoms with E-state index in [1.807, 2.05) is 36.6 Å². The molecular formula is C26H23N3O5S2. The number of ether oxygens (including phenoxy) is 2. The SMILES string of the molecule is COc1cc(/C=C2/SC(=O)N(CC(=O)Nc3cccc(SC)c3)C2=O)ccc1OCc1ccncc1. The van der Waals surface area contributed by atoms with E-state index in [9.17, 15) is 14.4 Å². The van der Waals surface area contributed by atoms with Gasteiger partial charge in [-0.1, -0.05) is 12.1 Å². The van der Waals surface area contributed by atoms with Gasteiger partial charge in [-0.25, -0.2) is 0 Å². The number of pyridine rings is 1. The minimum absolute atomic E-state index is 0.227. The molecule has 0 radical (unpaired) electrons. The number of rotatable bonds is 9. The molecule has 2 aromatic carbocycles.